The molecule has 10 rings (SSSR count). The molecular formula is C55H25F3N8. The highest BCUT2D eigenvalue weighted by Gasteiger charge is 2.36. The Morgan fingerprint density at radius 1 is 0.455 bits per heavy atom. The number of fused-ring (bicyclic) bond motifs is 6. The zero-order valence-corrected chi connectivity index (χ0v) is 34.1. The van der Waals surface area contributed by atoms with E-state index in [9.17, 15) is 21.0 Å². The lowest BCUT2D eigenvalue weighted by Crippen LogP contribution is -2.10. The Hall–Kier alpha value is -9.91. The lowest BCUT2D eigenvalue weighted by molar-refractivity contribution is -0.137. The maximum atomic E-state index is 15.4. The van der Waals surface area contributed by atoms with E-state index in [1.807, 2.05) is 89.5 Å². The number of benzene rings is 8. The smallest absolute Gasteiger partial charge is 0.309 e. The molecule has 0 amide bonds. The van der Waals surface area contributed by atoms with Gasteiger partial charge in [0.1, 0.15) is 6.07 Å². The fourth-order valence-corrected chi connectivity index (χ4v) is 9.09. The van der Waals surface area contributed by atoms with E-state index >= 15 is 13.2 Å². The summed E-state index contributed by atoms with van der Waals surface area (Å²) in [4.78, 5) is 7.11. The zero-order chi connectivity index (χ0) is 45.9. The van der Waals surface area contributed by atoms with Gasteiger partial charge in [0.25, 0.3) is 0 Å². The number of para-hydroxylation sites is 2. The molecule has 8 nitrogen and oxygen atoms in total. The lowest BCUT2D eigenvalue weighted by Gasteiger charge is -2.22. The van der Waals surface area contributed by atoms with Gasteiger partial charge in [0.15, 0.2) is 11.4 Å². The van der Waals surface area contributed by atoms with Crippen LogP contribution in [-0.2, 0) is 6.18 Å². The highest BCUT2D eigenvalue weighted by Crippen LogP contribution is 2.48. The Balaban J connectivity index is 1.35. The van der Waals surface area contributed by atoms with Crippen LogP contribution in [0.25, 0.3) is 98.1 Å². The molecule has 2 heterocycles. The first-order valence-corrected chi connectivity index (χ1v) is 20.2. The van der Waals surface area contributed by atoms with Gasteiger partial charge in [-0.2, -0.15) is 34.2 Å². The van der Waals surface area contributed by atoms with E-state index in [4.69, 9.17) is 13.1 Å². The molecule has 10 aromatic rings. The van der Waals surface area contributed by atoms with Crippen LogP contribution in [0.15, 0.2) is 152 Å². The number of halogens is 3. The normalized spacial score (nSPS) is 11.2. The minimum Gasteiger partial charge on any atom is -0.309 e. The molecule has 0 aliphatic carbocycles. The molecule has 0 saturated heterocycles. The van der Waals surface area contributed by atoms with Gasteiger partial charge < -0.3 is 9.13 Å². The van der Waals surface area contributed by atoms with E-state index in [1.54, 1.807) is 41.0 Å². The van der Waals surface area contributed by atoms with Crippen LogP contribution in [0.4, 0.5) is 24.5 Å². The molecule has 0 fully saturated rings. The number of nitriles is 4. The van der Waals surface area contributed by atoms with Crippen LogP contribution in [0.1, 0.15) is 27.8 Å². The third-order valence-electron chi connectivity index (χ3n) is 11.9. The maximum Gasteiger partial charge on any atom is 0.415 e. The molecule has 8 aromatic carbocycles. The molecule has 306 valence electrons. The second-order valence-corrected chi connectivity index (χ2v) is 15.4. The Morgan fingerprint density at radius 2 is 1.02 bits per heavy atom. The van der Waals surface area contributed by atoms with Gasteiger partial charge in [0.2, 0.25) is 0 Å². The van der Waals surface area contributed by atoms with Crippen molar-refractivity contribution in [3.05, 3.63) is 202 Å². The van der Waals surface area contributed by atoms with Gasteiger partial charge in [0.05, 0.1) is 87.0 Å². The standard InChI is InChI=1S/C55H25F3N8/c1-63-38-17-21-40(36(23-38)30-61)34-16-20-44-42-9-4-6-13-49(42)66(52(44)25-34)53-26-37(31-62)50(27-45(53)54-46(55(56,57)58)10-7-11-47(54)64-2)65-48-12-5-3-8-41(48)43-19-15-33(24-51(43)65)39-18-14-32(28-59)22-35(39)29-60/h3-27H. The monoisotopic (exact) mass is 854 g/mol. The fourth-order valence-electron chi connectivity index (χ4n) is 9.09. The van der Waals surface area contributed by atoms with Crippen molar-refractivity contribution in [3.8, 4) is 69.0 Å². The molecule has 0 bridgehead atoms. The van der Waals surface area contributed by atoms with Gasteiger partial charge in [-0.25, -0.2) is 9.69 Å². The summed E-state index contributed by atoms with van der Waals surface area (Å²) in [5, 5.41) is 44.1. The Labute approximate surface area is 374 Å². The van der Waals surface area contributed by atoms with Gasteiger partial charge in [-0.1, -0.05) is 97.1 Å². The second kappa shape index (κ2) is 15.5. The molecule has 0 spiro atoms. The summed E-state index contributed by atoms with van der Waals surface area (Å²) in [7, 11) is 0. The predicted octanol–water partition coefficient (Wildman–Crippen LogP) is 14.5. The van der Waals surface area contributed by atoms with E-state index in [0.717, 1.165) is 27.6 Å². The van der Waals surface area contributed by atoms with Crippen molar-refractivity contribution in [1.29, 1.82) is 21.0 Å². The number of alkyl halides is 3. The Kier molecular flexibility index (Phi) is 9.41. The van der Waals surface area contributed by atoms with Crippen LogP contribution >= 0.6 is 0 Å². The van der Waals surface area contributed by atoms with Crippen LogP contribution in [0, 0.1) is 58.5 Å². The molecule has 2 aromatic heterocycles. The average Bonchev–Trinajstić information content (AvgIpc) is 3.86. The molecule has 66 heavy (non-hydrogen) atoms. The minimum atomic E-state index is -4.90. The fraction of sp³-hybridized carbons (Fsp3) is 0.0182. The number of hydrogen-bond donors (Lipinski definition) is 0. The predicted molar refractivity (Wildman–Crippen MR) is 248 cm³/mol. The summed E-state index contributed by atoms with van der Waals surface area (Å²) in [5.74, 6) is 0. The quantitative estimate of drug-likeness (QED) is 0.160. The summed E-state index contributed by atoms with van der Waals surface area (Å²) < 4.78 is 49.8. The molecular weight excluding hydrogens is 830 g/mol. The van der Waals surface area contributed by atoms with Crippen LogP contribution in [0.2, 0.25) is 0 Å². The van der Waals surface area contributed by atoms with E-state index in [-0.39, 0.29) is 44.9 Å². The number of nitrogens with zero attached hydrogens (tertiary/aromatic N) is 8. The van der Waals surface area contributed by atoms with Crippen molar-refractivity contribution in [2.75, 3.05) is 0 Å². The summed E-state index contributed by atoms with van der Waals surface area (Å²) >= 11 is 0. The highest BCUT2D eigenvalue weighted by atomic mass is 19.4. The SMILES string of the molecule is [C-]#[N+]c1ccc(-c2ccc3c4ccccc4n(-c4cc(C#N)c(-n5c6ccccc6c6ccc(-c7ccc(C#N)cc7C#N)cc65)cc4-c4c([N+]#[C-])cccc4C(F)(F)F)c3c2)c(C#N)c1. The topological polar surface area (TPSA) is 114 Å². The second-order valence-electron chi connectivity index (χ2n) is 15.4. The van der Waals surface area contributed by atoms with Crippen LogP contribution in [0.3, 0.4) is 0 Å². The third-order valence-corrected chi connectivity index (χ3v) is 11.9. The van der Waals surface area contributed by atoms with Crippen LogP contribution < -0.4 is 0 Å². The van der Waals surface area contributed by atoms with Crippen molar-refractivity contribution in [1.82, 2.24) is 9.13 Å². The van der Waals surface area contributed by atoms with E-state index in [1.165, 1.54) is 24.3 Å². The molecule has 0 saturated carbocycles. The van der Waals surface area contributed by atoms with Crippen LogP contribution in [-0.4, -0.2) is 9.13 Å². The van der Waals surface area contributed by atoms with E-state index in [2.05, 4.69) is 34.0 Å². The molecule has 0 aliphatic rings. The van der Waals surface area contributed by atoms with Gasteiger partial charge in [0, 0.05) is 32.7 Å². The van der Waals surface area contributed by atoms with Crippen molar-refractivity contribution < 1.29 is 13.2 Å². The zero-order valence-electron chi connectivity index (χ0n) is 34.1. The summed E-state index contributed by atoms with van der Waals surface area (Å²) in [6.45, 7) is 15.7. The molecule has 0 unspecified atom stereocenters. The molecule has 0 aliphatic heterocycles. The molecule has 0 N–H and O–H groups in total. The van der Waals surface area contributed by atoms with E-state index in [0.29, 0.717) is 55.6 Å². The highest BCUT2D eigenvalue weighted by molar-refractivity contribution is 6.12. The third kappa shape index (κ3) is 6.26. The average molecular weight is 855 g/mol. The first-order chi connectivity index (χ1) is 32.1. The minimum absolute atomic E-state index is 0.0241. The van der Waals surface area contributed by atoms with Gasteiger partial charge in [-0.3, -0.25) is 0 Å². The van der Waals surface area contributed by atoms with Crippen LogP contribution in [0.5, 0.6) is 0 Å². The van der Waals surface area contributed by atoms with Gasteiger partial charge in [-0.15, -0.1) is 0 Å². The largest absolute Gasteiger partial charge is 0.415 e. The van der Waals surface area contributed by atoms with Crippen molar-refractivity contribution >= 4 is 55.0 Å². The van der Waals surface area contributed by atoms with Crippen molar-refractivity contribution in [3.63, 3.8) is 0 Å². The Bertz CT molecular complexity index is 4020. The number of rotatable bonds is 5. The van der Waals surface area contributed by atoms with Gasteiger partial charge >= 0.3 is 6.18 Å². The lowest BCUT2D eigenvalue weighted by atomic mass is 9.93. The maximum absolute atomic E-state index is 15.4. The Morgan fingerprint density at radius 3 is 1.58 bits per heavy atom. The van der Waals surface area contributed by atoms with Gasteiger partial charge in [-0.05, 0) is 82.4 Å². The number of hydrogen-bond acceptors (Lipinski definition) is 4. The first-order valence-electron chi connectivity index (χ1n) is 20.2. The van der Waals surface area contributed by atoms with E-state index < -0.39 is 11.7 Å². The first kappa shape index (κ1) is 40.2. The summed E-state index contributed by atoms with van der Waals surface area (Å²) in [6, 6.07) is 51.1. The summed E-state index contributed by atoms with van der Waals surface area (Å²) in [6.07, 6.45) is -4.90. The molecule has 0 radical (unpaired) electrons. The summed E-state index contributed by atoms with van der Waals surface area (Å²) in [5.41, 5.74) is 4.79. The van der Waals surface area contributed by atoms with Crippen molar-refractivity contribution in [2.45, 2.75) is 6.18 Å². The van der Waals surface area contributed by atoms with Crippen molar-refractivity contribution in [2.24, 2.45) is 0 Å². The molecule has 0 atom stereocenters. The molecule has 11 heteroatoms. The number of aromatic nitrogens is 2.